The highest BCUT2D eigenvalue weighted by molar-refractivity contribution is 5.91. The molecule has 1 aliphatic rings. The SMILES string of the molecule is CC1CCCC(O)(CNc2nccc3ccccc23)C1. The molecule has 0 amide bonds. The monoisotopic (exact) mass is 270 g/mol. The van der Waals surface area contributed by atoms with E-state index in [9.17, 15) is 5.11 Å². The van der Waals surface area contributed by atoms with Crippen LogP contribution in [0.25, 0.3) is 10.8 Å². The first-order chi connectivity index (χ1) is 9.66. The predicted molar refractivity (Wildman–Crippen MR) is 82.8 cm³/mol. The summed E-state index contributed by atoms with van der Waals surface area (Å²) in [6, 6.07) is 10.2. The van der Waals surface area contributed by atoms with Crippen LogP contribution in [0.4, 0.5) is 5.82 Å². The molecule has 106 valence electrons. The molecular weight excluding hydrogens is 248 g/mol. The van der Waals surface area contributed by atoms with Crippen molar-refractivity contribution in [1.29, 1.82) is 0 Å². The van der Waals surface area contributed by atoms with E-state index in [4.69, 9.17) is 0 Å². The first kappa shape index (κ1) is 13.4. The molecule has 1 heterocycles. The van der Waals surface area contributed by atoms with Crippen molar-refractivity contribution < 1.29 is 5.11 Å². The van der Waals surface area contributed by atoms with E-state index in [-0.39, 0.29) is 0 Å². The van der Waals surface area contributed by atoms with Crippen LogP contribution in [-0.2, 0) is 0 Å². The van der Waals surface area contributed by atoms with Crippen LogP contribution in [0.1, 0.15) is 32.6 Å². The number of aliphatic hydroxyl groups is 1. The van der Waals surface area contributed by atoms with E-state index in [0.29, 0.717) is 12.5 Å². The molecule has 1 fully saturated rings. The van der Waals surface area contributed by atoms with Gasteiger partial charge in [-0.25, -0.2) is 4.98 Å². The molecule has 3 heteroatoms. The van der Waals surface area contributed by atoms with E-state index >= 15 is 0 Å². The average Bonchev–Trinajstić information content (AvgIpc) is 2.45. The number of benzene rings is 1. The van der Waals surface area contributed by atoms with E-state index < -0.39 is 5.60 Å². The summed E-state index contributed by atoms with van der Waals surface area (Å²) in [7, 11) is 0. The highest BCUT2D eigenvalue weighted by Crippen LogP contribution is 2.32. The minimum absolute atomic E-state index is 0.582. The van der Waals surface area contributed by atoms with Crippen molar-refractivity contribution in [3.63, 3.8) is 0 Å². The van der Waals surface area contributed by atoms with Crippen LogP contribution in [0, 0.1) is 5.92 Å². The van der Waals surface area contributed by atoms with Crippen molar-refractivity contribution in [2.75, 3.05) is 11.9 Å². The molecule has 1 aromatic carbocycles. The number of rotatable bonds is 3. The fraction of sp³-hybridized carbons (Fsp3) is 0.471. The van der Waals surface area contributed by atoms with Crippen molar-refractivity contribution >= 4 is 16.6 Å². The van der Waals surface area contributed by atoms with Crippen LogP contribution in [0.5, 0.6) is 0 Å². The second-order valence-corrected chi connectivity index (χ2v) is 6.16. The summed E-state index contributed by atoms with van der Waals surface area (Å²) >= 11 is 0. The molecule has 3 nitrogen and oxygen atoms in total. The Kier molecular flexibility index (Phi) is 3.62. The molecule has 2 aromatic rings. The van der Waals surface area contributed by atoms with Crippen LogP contribution in [0.15, 0.2) is 36.5 Å². The highest BCUT2D eigenvalue weighted by Gasteiger charge is 2.32. The van der Waals surface area contributed by atoms with Crippen molar-refractivity contribution in [3.8, 4) is 0 Å². The number of nitrogens with one attached hydrogen (secondary N) is 1. The second-order valence-electron chi connectivity index (χ2n) is 6.16. The normalized spacial score (nSPS) is 26.6. The summed E-state index contributed by atoms with van der Waals surface area (Å²) in [5.74, 6) is 1.48. The van der Waals surface area contributed by atoms with E-state index in [2.05, 4.69) is 29.4 Å². The van der Waals surface area contributed by atoms with Crippen LogP contribution in [-0.4, -0.2) is 22.2 Å². The smallest absolute Gasteiger partial charge is 0.133 e. The Bertz CT molecular complexity index is 593. The number of fused-ring (bicyclic) bond motifs is 1. The first-order valence-electron chi connectivity index (χ1n) is 7.46. The third-order valence-corrected chi connectivity index (χ3v) is 4.33. The Morgan fingerprint density at radius 1 is 1.35 bits per heavy atom. The maximum Gasteiger partial charge on any atom is 0.133 e. The molecular formula is C17H22N2O. The maximum atomic E-state index is 10.7. The Morgan fingerprint density at radius 2 is 2.20 bits per heavy atom. The molecule has 20 heavy (non-hydrogen) atoms. The molecule has 2 N–H and O–H groups in total. The fourth-order valence-electron chi connectivity index (χ4n) is 3.30. The lowest BCUT2D eigenvalue weighted by atomic mass is 9.79. The van der Waals surface area contributed by atoms with Crippen LogP contribution < -0.4 is 5.32 Å². The molecule has 1 aliphatic carbocycles. The third-order valence-electron chi connectivity index (χ3n) is 4.33. The number of nitrogens with zero attached hydrogens (tertiary/aromatic N) is 1. The maximum absolute atomic E-state index is 10.7. The number of anilines is 1. The number of hydrogen-bond donors (Lipinski definition) is 2. The van der Waals surface area contributed by atoms with Gasteiger partial charge in [0.1, 0.15) is 5.82 Å². The van der Waals surface area contributed by atoms with E-state index in [1.165, 1.54) is 11.8 Å². The Labute approximate surface area is 120 Å². The fourth-order valence-corrected chi connectivity index (χ4v) is 3.30. The van der Waals surface area contributed by atoms with Crippen LogP contribution in [0.2, 0.25) is 0 Å². The minimum atomic E-state index is -0.587. The van der Waals surface area contributed by atoms with Crippen molar-refractivity contribution in [2.24, 2.45) is 5.92 Å². The lowest BCUT2D eigenvalue weighted by Gasteiger charge is -2.35. The molecule has 1 saturated carbocycles. The van der Waals surface area contributed by atoms with Gasteiger partial charge in [-0.1, -0.05) is 44.0 Å². The lowest BCUT2D eigenvalue weighted by Crippen LogP contribution is -2.41. The molecule has 2 unspecified atom stereocenters. The van der Waals surface area contributed by atoms with Gasteiger partial charge in [-0.2, -0.15) is 0 Å². The van der Waals surface area contributed by atoms with Gasteiger partial charge in [0.2, 0.25) is 0 Å². The number of hydrogen-bond acceptors (Lipinski definition) is 3. The molecule has 0 spiro atoms. The second kappa shape index (κ2) is 5.41. The number of aromatic nitrogens is 1. The van der Waals surface area contributed by atoms with Gasteiger partial charge in [0.25, 0.3) is 0 Å². The van der Waals surface area contributed by atoms with Crippen LogP contribution in [0.3, 0.4) is 0 Å². The highest BCUT2D eigenvalue weighted by atomic mass is 16.3. The summed E-state index contributed by atoms with van der Waals surface area (Å²) in [6.07, 6.45) is 5.93. The minimum Gasteiger partial charge on any atom is -0.388 e. The summed E-state index contributed by atoms with van der Waals surface area (Å²) in [5.41, 5.74) is -0.587. The lowest BCUT2D eigenvalue weighted by molar-refractivity contribution is -0.000800. The van der Waals surface area contributed by atoms with Crippen molar-refractivity contribution in [1.82, 2.24) is 4.98 Å². The molecule has 0 bridgehead atoms. The molecule has 0 radical (unpaired) electrons. The van der Waals surface area contributed by atoms with Gasteiger partial charge in [0, 0.05) is 18.1 Å². The van der Waals surface area contributed by atoms with Gasteiger partial charge >= 0.3 is 0 Å². The van der Waals surface area contributed by atoms with Crippen LogP contribution >= 0.6 is 0 Å². The van der Waals surface area contributed by atoms with Gasteiger partial charge in [0.05, 0.1) is 5.60 Å². The molecule has 2 atom stereocenters. The van der Waals surface area contributed by atoms with Gasteiger partial charge in [-0.05, 0) is 30.2 Å². The van der Waals surface area contributed by atoms with Gasteiger partial charge in [0.15, 0.2) is 0 Å². The largest absolute Gasteiger partial charge is 0.388 e. The zero-order chi connectivity index (χ0) is 14.0. The van der Waals surface area contributed by atoms with E-state index in [1.54, 1.807) is 0 Å². The summed E-state index contributed by atoms with van der Waals surface area (Å²) < 4.78 is 0. The first-order valence-corrected chi connectivity index (χ1v) is 7.46. The molecule has 0 saturated heterocycles. The topological polar surface area (TPSA) is 45.1 Å². The summed E-state index contributed by atoms with van der Waals surface area (Å²) in [5, 5.41) is 16.3. The predicted octanol–water partition coefficient (Wildman–Crippen LogP) is 3.59. The van der Waals surface area contributed by atoms with E-state index in [0.717, 1.165) is 30.5 Å². The van der Waals surface area contributed by atoms with Crippen molar-refractivity contribution in [2.45, 2.75) is 38.2 Å². The molecule has 3 rings (SSSR count). The van der Waals surface area contributed by atoms with Gasteiger partial charge < -0.3 is 10.4 Å². The third kappa shape index (κ3) is 2.78. The standard InChI is InChI=1S/C17H22N2O/c1-13-5-4-9-17(20,11-13)12-19-16-15-7-3-2-6-14(15)8-10-18-16/h2-3,6-8,10,13,20H,4-5,9,11-12H2,1H3,(H,18,19). The molecule has 0 aliphatic heterocycles. The zero-order valence-corrected chi connectivity index (χ0v) is 12.0. The Hall–Kier alpha value is -1.61. The summed E-state index contributed by atoms with van der Waals surface area (Å²) in [6.45, 7) is 2.80. The van der Waals surface area contributed by atoms with Gasteiger partial charge in [-0.3, -0.25) is 0 Å². The zero-order valence-electron chi connectivity index (χ0n) is 12.0. The quantitative estimate of drug-likeness (QED) is 0.896. The Morgan fingerprint density at radius 3 is 3.05 bits per heavy atom. The summed E-state index contributed by atoms with van der Waals surface area (Å²) in [4.78, 5) is 4.42. The average molecular weight is 270 g/mol. The number of pyridine rings is 1. The van der Waals surface area contributed by atoms with E-state index in [1.807, 2.05) is 24.4 Å². The van der Waals surface area contributed by atoms with Gasteiger partial charge in [-0.15, -0.1) is 0 Å². The molecule has 1 aromatic heterocycles. The Balaban J connectivity index is 1.77. The van der Waals surface area contributed by atoms with Crippen molar-refractivity contribution in [3.05, 3.63) is 36.5 Å².